The number of nitrogens with zero attached hydrogens (tertiary/aromatic N) is 4. The Kier molecular flexibility index (Phi) is 4.60. The highest BCUT2D eigenvalue weighted by Gasteiger charge is 2.10. The summed E-state index contributed by atoms with van der Waals surface area (Å²) in [5, 5.41) is 19.1. The van der Waals surface area contributed by atoms with Crippen molar-refractivity contribution < 1.29 is 0 Å². The number of rotatable bonds is 6. The summed E-state index contributed by atoms with van der Waals surface area (Å²) in [7, 11) is 0. The SMILES string of the molecule is C[C@@H](CN[C@H](C)c1ccc(-n2cnnn2)cc1)c1ccsc1. The molecule has 0 radical (unpaired) electrons. The van der Waals surface area contributed by atoms with Gasteiger partial charge in [0.1, 0.15) is 6.33 Å². The third kappa shape index (κ3) is 3.40. The minimum atomic E-state index is 0.309. The number of nitrogens with one attached hydrogen (secondary N) is 1. The van der Waals surface area contributed by atoms with Gasteiger partial charge in [-0.15, -0.1) is 5.10 Å². The van der Waals surface area contributed by atoms with Gasteiger partial charge in [-0.1, -0.05) is 19.1 Å². The van der Waals surface area contributed by atoms with Gasteiger partial charge >= 0.3 is 0 Å². The minimum absolute atomic E-state index is 0.309. The average Bonchev–Trinajstić information content (AvgIpc) is 3.25. The third-order valence-electron chi connectivity index (χ3n) is 3.85. The molecule has 0 aliphatic heterocycles. The first kappa shape index (κ1) is 14.9. The van der Waals surface area contributed by atoms with Crippen molar-refractivity contribution in [2.24, 2.45) is 0 Å². The van der Waals surface area contributed by atoms with Gasteiger partial charge in [0, 0.05) is 12.6 Å². The number of hydrogen-bond donors (Lipinski definition) is 1. The van der Waals surface area contributed by atoms with Gasteiger partial charge in [0.15, 0.2) is 0 Å². The van der Waals surface area contributed by atoms with E-state index in [1.807, 2.05) is 12.1 Å². The van der Waals surface area contributed by atoms with Gasteiger partial charge in [-0.05, 0) is 63.4 Å². The molecule has 3 aromatic rings. The van der Waals surface area contributed by atoms with E-state index in [4.69, 9.17) is 0 Å². The molecule has 1 N–H and O–H groups in total. The van der Waals surface area contributed by atoms with Gasteiger partial charge in [0.25, 0.3) is 0 Å². The van der Waals surface area contributed by atoms with E-state index in [0.717, 1.165) is 12.2 Å². The molecular weight excluding hydrogens is 294 g/mol. The zero-order valence-electron chi connectivity index (χ0n) is 12.7. The number of thiophene rings is 1. The lowest BCUT2D eigenvalue weighted by molar-refractivity contribution is 0.537. The van der Waals surface area contributed by atoms with E-state index in [0.29, 0.717) is 12.0 Å². The lowest BCUT2D eigenvalue weighted by Gasteiger charge is -2.18. The van der Waals surface area contributed by atoms with Gasteiger partial charge in [-0.25, -0.2) is 4.68 Å². The summed E-state index contributed by atoms with van der Waals surface area (Å²) in [4.78, 5) is 0. The number of hydrogen-bond acceptors (Lipinski definition) is 5. The van der Waals surface area contributed by atoms with E-state index < -0.39 is 0 Å². The Hall–Kier alpha value is -2.05. The number of tetrazole rings is 1. The fourth-order valence-corrected chi connectivity index (χ4v) is 3.12. The molecule has 114 valence electrons. The first-order valence-corrected chi connectivity index (χ1v) is 8.27. The molecule has 0 amide bonds. The Labute approximate surface area is 134 Å². The highest BCUT2D eigenvalue weighted by molar-refractivity contribution is 7.07. The largest absolute Gasteiger partial charge is 0.310 e. The van der Waals surface area contributed by atoms with Crippen LogP contribution in [0.3, 0.4) is 0 Å². The molecule has 2 aromatic heterocycles. The maximum Gasteiger partial charge on any atom is 0.143 e. The van der Waals surface area contributed by atoms with Crippen molar-refractivity contribution in [1.82, 2.24) is 25.5 Å². The second-order valence-corrected chi connectivity index (χ2v) is 6.21. The van der Waals surface area contributed by atoms with Crippen LogP contribution in [0.2, 0.25) is 0 Å². The van der Waals surface area contributed by atoms with E-state index in [1.165, 1.54) is 11.1 Å². The molecule has 0 aliphatic carbocycles. The van der Waals surface area contributed by atoms with Gasteiger partial charge in [-0.3, -0.25) is 0 Å². The molecule has 0 bridgehead atoms. The maximum absolute atomic E-state index is 3.89. The predicted molar refractivity (Wildman–Crippen MR) is 88.3 cm³/mol. The van der Waals surface area contributed by atoms with E-state index in [9.17, 15) is 0 Å². The summed E-state index contributed by atoms with van der Waals surface area (Å²) in [6.07, 6.45) is 1.60. The molecule has 2 atom stereocenters. The van der Waals surface area contributed by atoms with E-state index in [2.05, 4.69) is 63.6 Å². The lowest BCUT2D eigenvalue weighted by Crippen LogP contribution is -2.23. The molecule has 0 aliphatic rings. The van der Waals surface area contributed by atoms with Gasteiger partial charge in [-0.2, -0.15) is 11.3 Å². The Morgan fingerprint density at radius 3 is 2.59 bits per heavy atom. The highest BCUT2D eigenvalue weighted by Crippen LogP contribution is 2.20. The van der Waals surface area contributed by atoms with Crippen molar-refractivity contribution in [2.45, 2.75) is 25.8 Å². The molecule has 0 fully saturated rings. The normalized spacial score (nSPS) is 13.9. The van der Waals surface area contributed by atoms with Crippen molar-refractivity contribution in [3.63, 3.8) is 0 Å². The molecule has 5 nitrogen and oxygen atoms in total. The van der Waals surface area contributed by atoms with Crippen LogP contribution >= 0.6 is 11.3 Å². The van der Waals surface area contributed by atoms with Crippen molar-refractivity contribution in [3.05, 3.63) is 58.5 Å². The van der Waals surface area contributed by atoms with Crippen molar-refractivity contribution in [3.8, 4) is 5.69 Å². The van der Waals surface area contributed by atoms with Crippen LogP contribution in [0.5, 0.6) is 0 Å². The van der Waals surface area contributed by atoms with Crippen LogP contribution in [-0.2, 0) is 0 Å². The first-order valence-electron chi connectivity index (χ1n) is 7.33. The van der Waals surface area contributed by atoms with Crippen LogP contribution in [-0.4, -0.2) is 26.8 Å². The topological polar surface area (TPSA) is 55.6 Å². The standard InChI is InChI=1S/C16H19N5S/c1-12(15-7-8-22-10-15)9-17-13(2)14-3-5-16(6-4-14)21-11-18-19-20-21/h3-8,10-13,17H,9H2,1-2H3/t12-,13+/m0/s1. The van der Waals surface area contributed by atoms with Crippen molar-refractivity contribution in [2.75, 3.05) is 6.54 Å². The molecule has 3 rings (SSSR count). The maximum atomic E-state index is 3.89. The third-order valence-corrected chi connectivity index (χ3v) is 4.55. The molecule has 0 saturated carbocycles. The summed E-state index contributed by atoms with van der Waals surface area (Å²) in [6.45, 7) is 5.40. The van der Waals surface area contributed by atoms with E-state index in [-0.39, 0.29) is 0 Å². The summed E-state index contributed by atoms with van der Waals surface area (Å²) in [6, 6.07) is 10.8. The molecule has 1 aromatic carbocycles. The van der Waals surface area contributed by atoms with E-state index >= 15 is 0 Å². The predicted octanol–water partition coefficient (Wildman–Crippen LogP) is 3.18. The van der Waals surface area contributed by atoms with E-state index in [1.54, 1.807) is 22.3 Å². The molecule has 6 heteroatoms. The average molecular weight is 313 g/mol. The summed E-state index contributed by atoms with van der Waals surface area (Å²) in [5.74, 6) is 0.522. The molecule has 2 heterocycles. The van der Waals surface area contributed by atoms with Crippen molar-refractivity contribution >= 4 is 11.3 Å². The zero-order chi connectivity index (χ0) is 15.4. The zero-order valence-corrected chi connectivity index (χ0v) is 13.5. The van der Waals surface area contributed by atoms with Crippen molar-refractivity contribution in [1.29, 1.82) is 0 Å². The van der Waals surface area contributed by atoms with Crippen LogP contribution < -0.4 is 5.32 Å². The fraction of sp³-hybridized carbons (Fsp3) is 0.312. The Morgan fingerprint density at radius 2 is 1.95 bits per heavy atom. The summed E-state index contributed by atoms with van der Waals surface area (Å²) < 4.78 is 1.65. The lowest BCUT2D eigenvalue weighted by atomic mass is 10.0. The van der Waals surface area contributed by atoms with Crippen LogP contribution in [0.4, 0.5) is 0 Å². The molecular formula is C16H19N5S. The first-order chi connectivity index (χ1) is 10.7. The molecule has 0 spiro atoms. The number of benzene rings is 1. The van der Waals surface area contributed by atoms with Gasteiger partial charge < -0.3 is 5.32 Å². The Morgan fingerprint density at radius 1 is 1.14 bits per heavy atom. The smallest absolute Gasteiger partial charge is 0.143 e. The second kappa shape index (κ2) is 6.81. The summed E-state index contributed by atoms with van der Waals surface area (Å²) in [5.41, 5.74) is 3.63. The quantitative estimate of drug-likeness (QED) is 0.759. The summed E-state index contributed by atoms with van der Waals surface area (Å²) >= 11 is 1.75. The van der Waals surface area contributed by atoms with Crippen LogP contribution in [0.15, 0.2) is 47.4 Å². The Balaban J connectivity index is 1.59. The monoisotopic (exact) mass is 313 g/mol. The minimum Gasteiger partial charge on any atom is -0.310 e. The number of aromatic nitrogens is 4. The van der Waals surface area contributed by atoms with Gasteiger partial charge in [0.2, 0.25) is 0 Å². The van der Waals surface area contributed by atoms with Crippen LogP contribution in [0.1, 0.15) is 36.9 Å². The van der Waals surface area contributed by atoms with Gasteiger partial charge in [0.05, 0.1) is 5.69 Å². The second-order valence-electron chi connectivity index (χ2n) is 5.43. The Bertz CT molecular complexity index is 676. The highest BCUT2D eigenvalue weighted by atomic mass is 32.1. The van der Waals surface area contributed by atoms with Crippen LogP contribution in [0.25, 0.3) is 5.69 Å². The van der Waals surface area contributed by atoms with Crippen LogP contribution in [0, 0.1) is 0 Å². The fourth-order valence-electron chi connectivity index (χ4n) is 2.34. The molecule has 0 unspecified atom stereocenters. The molecule has 22 heavy (non-hydrogen) atoms. The molecule has 0 saturated heterocycles.